The van der Waals surface area contributed by atoms with E-state index >= 15 is 0 Å². The summed E-state index contributed by atoms with van der Waals surface area (Å²) < 4.78 is 5.37. The van der Waals surface area contributed by atoms with Gasteiger partial charge in [0.2, 0.25) is 5.91 Å². The largest absolute Gasteiger partial charge is 0.468 e. The van der Waals surface area contributed by atoms with E-state index < -0.39 is 0 Å². The van der Waals surface area contributed by atoms with E-state index in [1.165, 1.54) is 0 Å². The maximum Gasteiger partial charge on any atom is 0.225 e. The lowest BCUT2D eigenvalue weighted by atomic mass is 10.1. The molecule has 2 atom stereocenters. The van der Waals surface area contributed by atoms with Gasteiger partial charge in [0.15, 0.2) is 0 Å². The normalized spacial score (nSPS) is 27.9. The van der Waals surface area contributed by atoms with Gasteiger partial charge in [-0.15, -0.1) is 0 Å². The number of hydrogen-bond acceptors (Lipinski definition) is 4. The topological polar surface area (TPSA) is 62.7 Å². The van der Waals surface area contributed by atoms with Gasteiger partial charge in [0, 0.05) is 38.1 Å². The molecular formula is C15H23N3O2. The molecule has 0 radical (unpaired) electrons. The summed E-state index contributed by atoms with van der Waals surface area (Å²) in [4.78, 5) is 16.8. The Bertz CT molecular complexity index is 438. The van der Waals surface area contributed by atoms with Gasteiger partial charge in [0.05, 0.1) is 12.8 Å². The van der Waals surface area contributed by atoms with E-state index in [1.54, 1.807) is 6.26 Å². The monoisotopic (exact) mass is 277 g/mol. The highest BCUT2D eigenvalue weighted by Gasteiger charge is 2.32. The third-order valence-corrected chi connectivity index (χ3v) is 4.47. The van der Waals surface area contributed by atoms with Crippen LogP contribution in [-0.4, -0.2) is 47.9 Å². The van der Waals surface area contributed by atoms with E-state index in [4.69, 9.17) is 10.2 Å². The SMILES string of the molecule is NC1CCC(C(=O)N2CCN(Cc3ccco3)CC2)C1. The van der Waals surface area contributed by atoms with Gasteiger partial charge >= 0.3 is 0 Å². The van der Waals surface area contributed by atoms with Crippen LogP contribution in [-0.2, 0) is 11.3 Å². The number of nitrogens with two attached hydrogens (primary N) is 1. The Kier molecular flexibility index (Phi) is 4.08. The number of nitrogens with zero attached hydrogens (tertiary/aromatic N) is 2. The van der Waals surface area contributed by atoms with Crippen LogP contribution < -0.4 is 5.73 Å². The molecule has 0 aromatic carbocycles. The van der Waals surface area contributed by atoms with Crippen molar-refractivity contribution >= 4 is 5.91 Å². The smallest absolute Gasteiger partial charge is 0.225 e. The predicted octanol–water partition coefficient (Wildman–Crippen LogP) is 1.05. The fraction of sp³-hybridized carbons (Fsp3) is 0.667. The van der Waals surface area contributed by atoms with Crippen LogP contribution >= 0.6 is 0 Å². The number of piperazine rings is 1. The molecule has 5 nitrogen and oxygen atoms in total. The van der Waals surface area contributed by atoms with Crippen molar-refractivity contribution in [3.05, 3.63) is 24.2 Å². The molecule has 2 heterocycles. The van der Waals surface area contributed by atoms with Crippen molar-refractivity contribution in [2.45, 2.75) is 31.8 Å². The van der Waals surface area contributed by atoms with Crippen molar-refractivity contribution < 1.29 is 9.21 Å². The second-order valence-electron chi connectivity index (χ2n) is 5.95. The Labute approximate surface area is 119 Å². The second-order valence-corrected chi connectivity index (χ2v) is 5.95. The number of hydrogen-bond donors (Lipinski definition) is 1. The Morgan fingerprint density at radius 1 is 1.30 bits per heavy atom. The van der Waals surface area contributed by atoms with Crippen molar-refractivity contribution in [3.63, 3.8) is 0 Å². The third kappa shape index (κ3) is 3.04. The average molecular weight is 277 g/mol. The molecule has 3 rings (SSSR count). The van der Waals surface area contributed by atoms with Crippen molar-refractivity contribution in [3.8, 4) is 0 Å². The Morgan fingerprint density at radius 2 is 2.10 bits per heavy atom. The molecule has 2 aliphatic rings. The fourth-order valence-electron chi connectivity index (χ4n) is 3.25. The van der Waals surface area contributed by atoms with E-state index in [1.807, 2.05) is 17.0 Å². The van der Waals surface area contributed by atoms with Crippen molar-refractivity contribution in [2.24, 2.45) is 11.7 Å². The molecule has 0 spiro atoms. The van der Waals surface area contributed by atoms with Crippen LogP contribution in [0.2, 0.25) is 0 Å². The summed E-state index contributed by atoms with van der Waals surface area (Å²) in [6, 6.07) is 4.14. The third-order valence-electron chi connectivity index (χ3n) is 4.47. The first-order valence-corrected chi connectivity index (χ1v) is 7.51. The summed E-state index contributed by atoms with van der Waals surface area (Å²) in [5, 5.41) is 0. The Morgan fingerprint density at radius 3 is 2.70 bits per heavy atom. The molecule has 1 aliphatic heterocycles. The molecule has 1 saturated carbocycles. The van der Waals surface area contributed by atoms with Gasteiger partial charge in [-0.1, -0.05) is 0 Å². The van der Waals surface area contributed by atoms with Crippen molar-refractivity contribution in [1.82, 2.24) is 9.80 Å². The minimum absolute atomic E-state index is 0.168. The maximum atomic E-state index is 12.4. The molecule has 1 aromatic rings. The van der Waals surface area contributed by atoms with Gasteiger partial charge in [-0.25, -0.2) is 0 Å². The predicted molar refractivity (Wildman–Crippen MR) is 75.9 cm³/mol. The van der Waals surface area contributed by atoms with Crippen LogP contribution in [0.25, 0.3) is 0 Å². The molecule has 0 bridgehead atoms. The van der Waals surface area contributed by atoms with Crippen molar-refractivity contribution in [2.75, 3.05) is 26.2 Å². The molecule has 5 heteroatoms. The molecule has 1 aromatic heterocycles. The maximum absolute atomic E-state index is 12.4. The first kappa shape index (κ1) is 13.6. The quantitative estimate of drug-likeness (QED) is 0.897. The van der Waals surface area contributed by atoms with Crippen LogP contribution in [0.4, 0.5) is 0 Å². The van der Waals surface area contributed by atoms with E-state index in [-0.39, 0.29) is 12.0 Å². The zero-order valence-electron chi connectivity index (χ0n) is 11.8. The van der Waals surface area contributed by atoms with E-state index in [2.05, 4.69) is 4.90 Å². The standard InChI is InChI=1S/C15H23N3O2/c16-13-4-3-12(10-13)15(19)18-7-5-17(6-8-18)11-14-2-1-9-20-14/h1-2,9,12-13H,3-8,10-11,16H2. The van der Waals surface area contributed by atoms with E-state index in [0.717, 1.165) is 57.7 Å². The summed E-state index contributed by atoms with van der Waals surface area (Å²) in [6.45, 7) is 4.33. The fourth-order valence-corrected chi connectivity index (χ4v) is 3.25. The van der Waals surface area contributed by atoms with Gasteiger partial charge in [-0.2, -0.15) is 0 Å². The van der Waals surface area contributed by atoms with Gasteiger partial charge in [0.1, 0.15) is 5.76 Å². The van der Waals surface area contributed by atoms with Crippen LogP contribution in [0, 0.1) is 5.92 Å². The lowest BCUT2D eigenvalue weighted by Gasteiger charge is -2.35. The Balaban J connectivity index is 1.47. The number of furan rings is 1. The lowest BCUT2D eigenvalue weighted by molar-refractivity contribution is -0.137. The molecule has 110 valence electrons. The Hall–Kier alpha value is -1.33. The van der Waals surface area contributed by atoms with Crippen LogP contribution in [0.3, 0.4) is 0 Å². The second kappa shape index (κ2) is 5.97. The number of carbonyl (C=O) groups is 1. The molecule has 2 fully saturated rings. The summed E-state index contributed by atoms with van der Waals surface area (Å²) >= 11 is 0. The number of carbonyl (C=O) groups excluding carboxylic acids is 1. The highest BCUT2D eigenvalue weighted by atomic mass is 16.3. The molecule has 2 unspecified atom stereocenters. The summed E-state index contributed by atoms with van der Waals surface area (Å²) in [5.41, 5.74) is 5.90. The van der Waals surface area contributed by atoms with Gasteiger partial charge in [0.25, 0.3) is 0 Å². The first-order chi connectivity index (χ1) is 9.72. The highest BCUT2D eigenvalue weighted by molar-refractivity contribution is 5.79. The molecular weight excluding hydrogens is 254 g/mol. The molecule has 1 aliphatic carbocycles. The van der Waals surface area contributed by atoms with Gasteiger partial charge in [-0.3, -0.25) is 9.69 Å². The minimum Gasteiger partial charge on any atom is -0.468 e. The number of amides is 1. The van der Waals surface area contributed by atoms with Crippen molar-refractivity contribution in [1.29, 1.82) is 0 Å². The summed E-state index contributed by atoms with van der Waals surface area (Å²) in [6.07, 6.45) is 4.53. The van der Waals surface area contributed by atoms with E-state index in [9.17, 15) is 4.79 Å². The molecule has 1 saturated heterocycles. The first-order valence-electron chi connectivity index (χ1n) is 7.51. The highest BCUT2D eigenvalue weighted by Crippen LogP contribution is 2.26. The summed E-state index contributed by atoms with van der Waals surface area (Å²) in [5.74, 6) is 1.48. The minimum atomic E-state index is 0.168. The van der Waals surface area contributed by atoms with Crippen LogP contribution in [0.1, 0.15) is 25.0 Å². The molecule has 2 N–H and O–H groups in total. The molecule has 1 amide bonds. The van der Waals surface area contributed by atoms with Gasteiger partial charge < -0.3 is 15.1 Å². The van der Waals surface area contributed by atoms with Crippen LogP contribution in [0.5, 0.6) is 0 Å². The lowest BCUT2D eigenvalue weighted by Crippen LogP contribution is -2.49. The van der Waals surface area contributed by atoms with Crippen LogP contribution in [0.15, 0.2) is 22.8 Å². The van der Waals surface area contributed by atoms with E-state index in [0.29, 0.717) is 5.91 Å². The zero-order chi connectivity index (χ0) is 13.9. The summed E-state index contributed by atoms with van der Waals surface area (Å²) in [7, 11) is 0. The zero-order valence-corrected chi connectivity index (χ0v) is 11.8. The molecule has 20 heavy (non-hydrogen) atoms. The van der Waals surface area contributed by atoms with Gasteiger partial charge in [-0.05, 0) is 31.4 Å². The average Bonchev–Trinajstić information content (AvgIpc) is 3.10. The number of rotatable bonds is 3.